The standard InChI is InChI=1S/2C3H7O.2ClH.Ti/c2*1-3(2)4;;;/h2*3H,1-2H3;2*1H;/q2*-1;;;+2. The van der Waals surface area contributed by atoms with E-state index in [-0.39, 0.29) is 24.8 Å². The van der Waals surface area contributed by atoms with Crippen LogP contribution in [0.5, 0.6) is 0 Å². The second kappa shape index (κ2) is 11.2. The molecule has 0 saturated carbocycles. The average Bonchev–Trinajstić information content (AvgIpc) is 1.63. The maximum absolute atomic E-state index is 5.26. The van der Waals surface area contributed by atoms with E-state index in [0.29, 0.717) is 12.2 Å². The number of hydrogen-bond donors (Lipinski definition) is 0. The normalized spacial score (nSPS) is 8.91. The van der Waals surface area contributed by atoms with Gasteiger partial charge in [0.05, 0.1) is 0 Å². The van der Waals surface area contributed by atoms with Crippen molar-refractivity contribution in [3.05, 3.63) is 0 Å². The summed E-state index contributed by atoms with van der Waals surface area (Å²) in [5.41, 5.74) is 0. The van der Waals surface area contributed by atoms with Gasteiger partial charge in [-0.2, -0.15) is 0 Å². The Morgan fingerprint density at radius 3 is 1.27 bits per heavy atom. The molecule has 0 spiro atoms. The van der Waals surface area contributed by atoms with E-state index in [9.17, 15) is 0 Å². The van der Waals surface area contributed by atoms with Crippen LogP contribution in [0.3, 0.4) is 0 Å². The van der Waals surface area contributed by atoms with Gasteiger partial charge in [0.15, 0.2) is 0 Å². The Bertz CT molecular complexity index is 63.6. The molecule has 5 heteroatoms. The summed E-state index contributed by atoms with van der Waals surface area (Å²) < 4.78 is 10.5. The van der Waals surface area contributed by atoms with Crippen LogP contribution in [-0.4, -0.2) is 12.2 Å². The molecule has 0 unspecified atom stereocenters. The van der Waals surface area contributed by atoms with Crippen LogP contribution >= 0.6 is 24.8 Å². The van der Waals surface area contributed by atoms with Crippen LogP contribution in [0.2, 0.25) is 0 Å². The van der Waals surface area contributed by atoms with Crippen LogP contribution in [0.1, 0.15) is 27.7 Å². The van der Waals surface area contributed by atoms with Gasteiger partial charge in [-0.3, -0.25) is 0 Å². The van der Waals surface area contributed by atoms with Crippen molar-refractivity contribution >= 4 is 24.8 Å². The van der Waals surface area contributed by atoms with Crippen molar-refractivity contribution in [3.8, 4) is 0 Å². The van der Waals surface area contributed by atoms with E-state index in [2.05, 4.69) is 0 Å². The zero-order valence-corrected chi connectivity index (χ0v) is 10.5. The first-order valence-electron chi connectivity index (χ1n) is 3.19. The molecule has 0 heterocycles. The van der Waals surface area contributed by atoms with E-state index in [1.54, 1.807) is 0 Å². The van der Waals surface area contributed by atoms with E-state index in [1.807, 2.05) is 27.7 Å². The molecule has 0 aromatic carbocycles. The zero-order valence-electron chi connectivity index (χ0n) is 7.29. The Morgan fingerprint density at radius 2 is 1.09 bits per heavy atom. The Labute approximate surface area is 91.1 Å². The van der Waals surface area contributed by atoms with Gasteiger partial charge >= 0.3 is 66.5 Å². The van der Waals surface area contributed by atoms with Crippen molar-refractivity contribution in [2.75, 3.05) is 0 Å². The molecule has 2 nitrogen and oxygen atoms in total. The summed E-state index contributed by atoms with van der Waals surface area (Å²) in [6.07, 6.45) is 0.646. The molecule has 0 aromatic rings. The van der Waals surface area contributed by atoms with Crippen LogP contribution < -0.4 is 0 Å². The maximum Gasteiger partial charge on any atom is -0.147 e. The van der Waals surface area contributed by atoms with Crippen LogP contribution in [-0.2, 0) is 26.6 Å². The molecule has 0 bridgehead atoms. The fourth-order valence-electron chi connectivity index (χ4n) is 0.220. The Balaban J connectivity index is -0.000000320. The Morgan fingerprint density at radius 1 is 0.818 bits per heavy atom. The zero-order chi connectivity index (χ0) is 7.28. The minimum atomic E-state index is -0.574. The molecule has 0 rings (SSSR count). The molecule has 0 aromatic heterocycles. The topological polar surface area (TPSA) is 18.5 Å². The van der Waals surface area contributed by atoms with Crippen molar-refractivity contribution in [2.24, 2.45) is 0 Å². The molecular weight excluding hydrogens is 223 g/mol. The molecule has 0 atom stereocenters. The first-order chi connectivity index (χ1) is 4.13. The average molecular weight is 239 g/mol. The van der Waals surface area contributed by atoms with Gasteiger partial charge in [-0.25, -0.2) is 0 Å². The first kappa shape index (κ1) is 18.1. The van der Waals surface area contributed by atoms with E-state index < -0.39 is 19.9 Å². The third kappa shape index (κ3) is 18.3. The summed E-state index contributed by atoms with van der Waals surface area (Å²) in [5, 5.41) is 0. The van der Waals surface area contributed by atoms with Crippen LogP contribution in [0.15, 0.2) is 0 Å². The van der Waals surface area contributed by atoms with Crippen molar-refractivity contribution in [3.63, 3.8) is 0 Å². The van der Waals surface area contributed by atoms with Crippen molar-refractivity contribution in [1.82, 2.24) is 0 Å². The van der Waals surface area contributed by atoms with Gasteiger partial charge in [-0.1, -0.05) is 0 Å². The predicted molar refractivity (Wildman–Crippen MR) is 46.9 cm³/mol. The van der Waals surface area contributed by atoms with Crippen LogP contribution in [0, 0.1) is 0 Å². The number of rotatable bonds is 4. The van der Waals surface area contributed by atoms with Crippen molar-refractivity contribution < 1.29 is 26.6 Å². The SMILES string of the molecule is CC(C)[O][Ti][O]C(C)C.Cl.Cl. The van der Waals surface area contributed by atoms with Gasteiger partial charge in [0, 0.05) is 0 Å². The molecule has 0 aliphatic rings. The smallest absolute Gasteiger partial charge is 0.147 e. The Hall–Kier alpha value is 1.21. The largest absolute Gasteiger partial charge is 0.147 e. The molecule has 0 fully saturated rings. The molecule has 0 saturated heterocycles. The maximum atomic E-state index is 5.26. The predicted octanol–water partition coefficient (Wildman–Crippen LogP) is 2.59. The molecule has 0 radical (unpaired) electrons. The summed E-state index contributed by atoms with van der Waals surface area (Å²) in [7, 11) is 0. The van der Waals surface area contributed by atoms with E-state index in [0.717, 1.165) is 0 Å². The summed E-state index contributed by atoms with van der Waals surface area (Å²) in [6, 6.07) is 0. The molecule has 0 aliphatic carbocycles. The molecular formula is C6H16Cl2O2Ti. The minimum Gasteiger partial charge on any atom is -0.147 e. The van der Waals surface area contributed by atoms with Crippen LogP contribution in [0.25, 0.3) is 0 Å². The minimum absolute atomic E-state index is 0. The summed E-state index contributed by atoms with van der Waals surface area (Å²) >= 11 is -0.574. The molecule has 0 N–H and O–H groups in total. The van der Waals surface area contributed by atoms with E-state index in [1.165, 1.54) is 0 Å². The fourth-order valence-corrected chi connectivity index (χ4v) is 0.908. The van der Waals surface area contributed by atoms with E-state index >= 15 is 0 Å². The number of hydrogen-bond acceptors (Lipinski definition) is 2. The quantitative estimate of drug-likeness (QED) is 0.702. The first-order valence-corrected chi connectivity index (χ1v) is 4.46. The summed E-state index contributed by atoms with van der Waals surface area (Å²) in [5.74, 6) is 0. The molecule has 0 amide bonds. The molecule has 0 aliphatic heterocycles. The summed E-state index contributed by atoms with van der Waals surface area (Å²) in [4.78, 5) is 0. The number of halogens is 2. The second-order valence-electron chi connectivity index (χ2n) is 2.42. The fraction of sp³-hybridized carbons (Fsp3) is 1.00. The third-order valence-corrected chi connectivity index (χ3v) is 2.34. The van der Waals surface area contributed by atoms with Crippen molar-refractivity contribution in [1.29, 1.82) is 0 Å². The van der Waals surface area contributed by atoms with Crippen LogP contribution in [0.4, 0.5) is 0 Å². The Kier molecular flexibility index (Phi) is 18.4. The van der Waals surface area contributed by atoms with Crippen molar-refractivity contribution in [2.45, 2.75) is 39.9 Å². The monoisotopic (exact) mass is 238 g/mol. The summed E-state index contributed by atoms with van der Waals surface area (Å²) in [6.45, 7) is 8.08. The van der Waals surface area contributed by atoms with Gasteiger partial charge in [-0.15, -0.1) is 24.8 Å². The van der Waals surface area contributed by atoms with Gasteiger partial charge in [0.1, 0.15) is 0 Å². The third-order valence-electron chi connectivity index (χ3n) is 0.568. The van der Waals surface area contributed by atoms with Gasteiger partial charge < -0.3 is 0 Å². The second-order valence-corrected chi connectivity index (χ2v) is 3.41. The van der Waals surface area contributed by atoms with Gasteiger partial charge in [-0.05, 0) is 0 Å². The van der Waals surface area contributed by atoms with Gasteiger partial charge in [0.2, 0.25) is 0 Å². The van der Waals surface area contributed by atoms with E-state index in [4.69, 9.17) is 6.64 Å². The molecule has 11 heavy (non-hydrogen) atoms. The molecule has 70 valence electrons. The van der Waals surface area contributed by atoms with Gasteiger partial charge in [0.25, 0.3) is 0 Å².